The number of pyridine rings is 1. The van der Waals surface area contributed by atoms with Gasteiger partial charge in [0.15, 0.2) is 5.65 Å². The molecule has 0 saturated heterocycles. The molecule has 0 bridgehead atoms. The van der Waals surface area contributed by atoms with E-state index in [1.165, 1.54) is 12.3 Å². The lowest BCUT2D eigenvalue weighted by atomic mass is 10.2. The quantitative estimate of drug-likeness (QED) is 0.415. The van der Waals surface area contributed by atoms with Crippen molar-refractivity contribution < 1.29 is 14.5 Å². The van der Waals surface area contributed by atoms with E-state index in [9.17, 15) is 14.9 Å². The number of nitrogens with zero attached hydrogens (tertiary/aromatic N) is 4. The van der Waals surface area contributed by atoms with E-state index >= 15 is 0 Å². The van der Waals surface area contributed by atoms with Crippen LogP contribution in [0, 0.1) is 17.0 Å². The molecule has 2 aromatic heterocycles. The Morgan fingerprint density at radius 3 is 2.88 bits per heavy atom. The predicted octanol–water partition coefficient (Wildman–Crippen LogP) is 2.54. The van der Waals surface area contributed by atoms with Crippen LogP contribution >= 0.6 is 0 Å². The number of hydrogen-bond acceptors (Lipinski definition) is 6. The number of carbonyl (C=O) groups excluding carboxylic acids is 1. The summed E-state index contributed by atoms with van der Waals surface area (Å²) in [5.74, 6) is -0.592. The SMILES string of the molecule is Cc1nn(C)c2ncc(C(=O)OCc3ccccc3[N+](=O)[O-])cc12. The zero-order valence-corrected chi connectivity index (χ0v) is 13.1. The lowest BCUT2D eigenvalue weighted by molar-refractivity contribution is -0.385. The smallest absolute Gasteiger partial charge is 0.340 e. The van der Waals surface area contributed by atoms with Crippen molar-refractivity contribution in [2.45, 2.75) is 13.5 Å². The molecule has 0 spiro atoms. The largest absolute Gasteiger partial charge is 0.457 e. The van der Waals surface area contributed by atoms with Crippen molar-refractivity contribution in [3.05, 3.63) is 63.5 Å². The third kappa shape index (κ3) is 2.81. The van der Waals surface area contributed by atoms with Crippen LogP contribution in [-0.4, -0.2) is 25.7 Å². The van der Waals surface area contributed by atoms with Gasteiger partial charge in [-0.2, -0.15) is 5.10 Å². The third-order valence-corrected chi connectivity index (χ3v) is 3.65. The normalized spacial score (nSPS) is 10.8. The van der Waals surface area contributed by atoms with E-state index in [4.69, 9.17) is 4.74 Å². The van der Waals surface area contributed by atoms with Crippen LogP contribution in [0.25, 0.3) is 11.0 Å². The van der Waals surface area contributed by atoms with Gasteiger partial charge in [-0.15, -0.1) is 0 Å². The van der Waals surface area contributed by atoms with Gasteiger partial charge in [-0.1, -0.05) is 12.1 Å². The highest BCUT2D eigenvalue weighted by atomic mass is 16.6. The van der Waals surface area contributed by atoms with E-state index in [-0.39, 0.29) is 17.9 Å². The second-order valence-electron chi connectivity index (χ2n) is 5.27. The fourth-order valence-corrected chi connectivity index (χ4v) is 2.46. The van der Waals surface area contributed by atoms with Gasteiger partial charge in [0.2, 0.25) is 0 Å². The van der Waals surface area contributed by atoms with Gasteiger partial charge in [0.1, 0.15) is 6.61 Å². The maximum Gasteiger partial charge on any atom is 0.340 e. The van der Waals surface area contributed by atoms with Gasteiger partial charge >= 0.3 is 5.97 Å². The minimum absolute atomic E-state index is 0.0815. The second kappa shape index (κ2) is 6.07. The van der Waals surface area contributed by atoms with Crippen molar-refractivity contribution in [1.82, 2.24) is 14.8 Å². The molecule has 3 rings (SSSR count). The van der Waals surface area contributed by atoms with Gasteiger partial charge < -0.3 is 4.74 Å². The van der Waals surface area contributed by atoms with Crippen LogP contribution in [0.15, 0.2) is 36.5 Å². The Kier molecular flexibility index (Phi) is 3.95. The lowest BCUT2D eigenvalue weighted by Gasteiger charge is -2.05. The summed E-state index contributed by atoms with van der Waals surface area (Å²) in [6, 6.07) is 7.80. The number of para-hydroxylation sites is 1. The summed E-state index contributed by atoms with van der Waals surface area (Å²) in [5.41, 5.74) is 1.96. The Bertz CT molecular complexity index is 948. The molecule has 3 aromatic rings. The summed E-state index contributed by atoms with van der Waals surface area (Å²) < 4.78 is 6.82. The van der Waals surface area contributed by atoms with Crippen molar-refractivity contribution in [3.63, 3.8) is 0 Å². The van der Waals surface area contributed by atoms with Crippen molar-refractivity contribution in [3.8, 4) is 0 Å². The molecule has 0 atom stereocenters. The molecule has 0 saturated carbocycles. The minimum Gasteiger partial charge on any atom is -0.457 e. The first-order chi connectivity index (χ1) is 11.5. The van der Waals surface area contributed by atoms with E-state index in [1.807, 2.05) is 6.92 Å². The number of aromatic nitrogens is 3. The van der Waals surface area contributed by atoms with Crippen molar-refractivity contribution in [2.75, 3.05) is 0 Å². The molecular formula is C16H14N4O4. The number of carbonyl (C=O) groups is 1. The zero-order chi connectivity index (χ0) is 17.3. The first kappa shape index (κ1) is 15.6. The maximum absolute atomic E-state index is 12.2. The molecule has 8 heteroatoms. The molecule has 122 valence electrons. The number of hydrogen-bond donors (Lipinski definition) is 0. The van der Waals surface area contributed by atoms with E-state index in [0.29, 0.717) is 11.2 Å². The second-order valence-corrected chi connectivity index (χ2v) is 5.27. The highest BCUT2D eigenvalue weighted by molar-refractivity contribution is 5.93. The van der Waals surface area contributed by atoms with Crippen LogP contribution in [0.1, 0.15) is 21.6 Å². The van der Waals surface area contributed by atoms with Gasteiger partial charge in [0.05, 0.1) is 21.7 Å². The monoisotopic (exact) mass is 326 g/mol. The summed E-state index contributed by atoms with van der Waals surface area (Å²) in [5, 5.41) is 16.0. The highest BCUT2D eigenvalue weighted by Crippen LogP contribution is 2.20. The number of nitro benzene ring substituents is 1. The summed E-state index contributed by atoms with van der Waals surface area (Å²) >= 11 is 0. The van der Waals surface area contributed by atoms with Crippen LogP contribution in [0.4, 0.5) is 5.69 Å². The first-order valence-corrected chi connectivity index (χ1v) is 7.16. The molecule has 0 aliphatic heterocycles. The van der Waals surface area contributed by atoms with Crippen LogP contribution < -0.4 is 0 Å². The van der Waals surface area contributed by atoms with Gasteiger partial charge in [-0.05, 0) is 19.1 Å². The fourth-order valence-electron chi connectivity index (χ4n) is 2.46. The maximum atomic E-state index is 12.2. The van der Waals surface area contributed by atoms with Crippen LogP contribution in [0.2, 0.25) is 0 Å². The Morgan fingerprint density at radius 2 is 2.12 bits per heavy atom. The lowest BCUT2D eigenvalue weighted by Crippen LogP contribution is -2.07. The molecule has 0 aliphatic carbocycles. The first-order valence-electron chi connectivity index (χ1n) is 7.16. The highest BCUT2D eigenvalue weighted by Gasteiger charge is 2.16. The van der Waals surface area contributed by atoms with Gasteiger partial charge in [0.25, 0.3) is 5.69 Å². The van der Waals surface area contributed by atoms with E-state index in [1.54, 1.807) is 36.0 Å². The van der Waals surface area contributed by atoms with Crippen molar-refractivity contribution in [2.24, 2.45) is 7.05 Å². The van der Waals surface area contributed by atoms with Crippen LogP contribution in [0.5, 0.6) is 0 Å². The summed E-state index contributed by atoms with van der Waals surface area (Å²) in [7, 11) is 1.77. The zero-order valence-electron chi connectivity index (χ0n) is 13.1. The molecule has 1 aromatic carbocycles. The molecule has 0 N–H and O–H groups in total. The van der Waals surface area contributed by atoms with E-state index in [2.05, 4.69) is 10.1 Å². The Hall–Kier alpha value is -3.29. The predicted molar refractivity (Wildman–Crippen MR) is 85.5 cm³/mol. The van der Waals surface area contributed by atoms with Crippen LogP contribution in [0.3, 0.4) is 0 Å². The number of fused-ring (bicyclic) bond motifs is 1. The van der Waals surface area contributed by atoms with Crippen LogP contribution in [-0.2, 0) is 18.4 Å². The molecule has 8 nitrogen and oxygen atoms in total. The summed E-state index contributed by atoms with van der Waals surface area (Å²) in [4.78, 5) is 26.9. The standard InChI is InChI=1S/C16H14N4O4/c1-10-13-7-12(8-17-15(13)19(2)18-10)16(21)24-9-11-5-3-4-6-14(11)20(22)23/h3-8H,9H2,1-2H3. The number of nitro groups is 1. The molecule has 0 unspecified atom stereocenters. The summed E-state index contributed by atoms with van der Waals surface area (Å²) in [6.07, 6.45) is 1.41. The average Bonchev–Trinajstić information content (AvgIpc) is 2.86. The Morgan fingerprint density at radius 1 is 1.38 bits per heavy atom. The Labute approximate surface area is 136 Å². The minimum atomic E-state index is -0.592. The number of ether oxygens (including phenoxy) is 1. The van der Waals surface area contributed by atoms with Gasteiger partial charge in [-0.25, -0.2) is 9.78 Å². The summed E-state index contributed by atoms with van der Waals surface area (Å²) in [6.45, 7) is 1.65. The number of rotatable bonds is 4. The number of aryl methyl sites for hydroxylation is 2. The molecule has 24 heavy (non-hydrogen) atoms. The molecular weight excluding hydrogens is 312 g/mol. The molecule has 0 fully saturated rings. The van der Waals surface area contributed by atoms with Gasteiger partial charge in [0, 0.05) is 24.7 Å². The molecule has 0 radical (unpaired) electrons. The van der Waals surface area contributed by atoms with Crippen molar-refractivity contribution in [1.29, 1.82) is 0 Å². The van der Waals surface area contributed by atoms with E-state index < -0.39 is 10.9 Å². The number of esters is 1. The molecule has 2 heterocycles. The van der Waals surface area contributed by atoms with Crippen molar-refractivity contribution >= 4 is 22.7 Å². The topological polar surface area (TPSA) is 100 Å². The molecule has 0 aliphatic rings. The van der Waals surface area contributed by atoms with E-state index in [0.717, 1.165) is 11.1 Å². The Balaban J connectivity index is 1.81. The number of benzene rings is 1. The molecule has 0 amide bonds. The third-order valence-electron chi connectivity index (χ3n) is 3.65. The van der Waals surface area contributed by atoms with Gasteiger partial charge in [-0.3, -0.25) is 14.8 Å². The average molecular weight is 326 g/mol. The fraction of sp³-hybridized carbons (Fsp3) is 0.188.